The highest BCUT2D eigenvalue weighted by atomic mass is 16.6. The van der Waals surface area contributed by atoms with Crippen molar-refractivity contribution in [3.8, 4) is 0 Å². The van der Waals surface area contributed by atoms with Crippen LogP contribution in [-0.2, 0) is 4.74 Å². The number of hydrogen-bond acceptors (Lipinski definition) is 2. The van der Waals surface area contributed by atoms with Crippen LogP contribution >= 0.6 is 0 Å². The lowest BCUT2D eigenvalue weighted by atomic mass is 9.88. The summed E-state index contributed by atoms with van der Waals surface area (Å²) in [6.07, 6.45) is 5.52. The van der Waals surface area contributed by atoms with Gasteiger partial charge < -0.3 is 9.84 Å². The van der Waals surface area contributed by atoms with E-state index in [1.807, 2.05) is 6.92 Å². The van der Waals surface area contributed by atoms with E-state index in [4.69, 9.17) is 4.74 Å². The quantitative estimate of drug-likeness (QED) is 0.707. The molecule has 1 aliphatic rings. The van der Waals surface area contributed by atoms with E-state index in [9.17, 15) is 5.11 Å². The number of ether oxygens (including phenoxy) is 1. The van der Waals surface area contributed by atoms with Gasteiger partial charge in [0.1, 0.15) is 0 Å². The summed E-state index contributed by atoms with van der Waals surface area (Å²) in [4.78, 5) is 0. The molecule has 0 heterocycles. The molecule has 4 unspecified atom stereocenters. The van der Waals surface area contributed by atoms with Gasteiger partial charge >= 0.3 is 0 Å². The fourth-order valence-corrected chi connectivity index (χ4v) is 2.04. The van der Waals surface area contributed by atoms with E-state index in [-0.39, 0.29) is 5.92 Å². The van der Waals surface area contributed by atoms with Crippen LogP contribution in [-0.4, -0.2) is 17.5 Å². The van der Waals surface area contributed by atoms with Crippen molar-refractivity contribution in [3.05, 3.63) is 0 Å². The van der Waals surface area contributed by atoms with Gasteiger partial charge in [0.05, 0.1) is 6.10 Å². The van der Waals surface area contributed by atoms with Crippen molar-refractivity contribution in [2.45, 2.75) is 65.3 Å². The zero-order chi connectivity index (χ0) is 10.6. The van der Waals surface area contributed by atoms with Gasteiger partial charge in [0.25, 0.3) is 0 Å². The third-order valence-electron chi connectivity index (χ3n) is 3.35. The van der Waals surface area contributed by atoms with Crippen LogP contribution in [0.2, 0.25) is 0 Å². The Morgan fingerprint density at radius 1 is 1.43 bits per heavy atom. The van der Waals surface area contributed by atoms with Gasteiger partial charge in [-0.15, -0.1) is 0 Å². The lowest BCUT2D eigenvalue weighted by Crippen LogP contribution is -2.30. The summed E-state index contributed by atoms with van der Waals surface area (Å²) < 4.78 is 5.67. The lowest BCUT2D eigenvalue weighted by Gasteiger charge is -2.30. The molecule has 0 aromatic carbocycles. The summed E-state index contributed by atoms with van der Waals surface area (Å²) in [7, 11) is 0. The molecule has 4 atom stereocenters. The fourth-order valence-electron chi connectivity index (χ4n) is 2.04. The van der Waals surface area contributed by atoms with Crippen LogP contribution in [0.5, 0.6) is 0 Å². The maximum Gasteiger partial charge on any atom is 0.157 e. The van der Waals surface area contributed by atoms with Crippen molar-refractivity contribution in [3.63, 3.8) is 0 Å². The molecule has 0 radical (unpaired) electrons. The SMILES string of the molecule is CCC(C)C(O)OC1CCCC(C)C1. The first-order valence-electron chi connectivity index (χ1n) is 5.97. The van der Waals surface area contributed by atoms with E-state index in [0.717, 1.165) is 25.2 Å². The summed E-state index contributed by atoms with van der Waals surface area (Å²) in [5, 5.41) is 9.73. The molecule has 0 amide bonds. The van der Waals surface area contributed by atoms with Crippen molar-refractivity contribution >= 4 is 0 Å². The molecule has 84 valence electrons. The molecule has 0 aromatic rings. The van der Waals surface area contributed by atoms with E-state index < -0.39 is 6.29 Å². The molecule has 1 fully saturated rings. The van der Waals surface area contributed by atoms with Gasteiger partial charge in [-0.2, -0.15) is 0 Å². The maximum atomic E-state index is 9.73. The minimum atomic E-state index is -0.560. The summed E-state index contributed by atoms with van der Waals surface area (Å²) >= 11 is 0. The number of aliphatic hydroxyl groups is 1. The smallest absolute Gasteiger partial charge is 0.157 e. The highest BCUT2D eigenvalue weighted by Gasteiger charge is 2.23. The number of hydrogen-bond donors (Lipinski definition) is 1. The maximum absolute atomic E-state index is 9.73. The van der Waals surface area contributed by atoms with Crippen molar-refractivity contribution < 1.29 is 9.84 Å². The van der Waals surface area contributed by atoms with Gasteiger partial charge in [-0.05, 0) is 25.2 Å². The second kappa shape index (κ2) is 5.72. The Bertz CT molecular complexity index is 158. The van der Waals surface area contributed by atoms with Gasteiger partial charge in [-0.1, -0.05) is 33.6 Å². The second-order valence-corrected chi connectivity index (χ2v) is 4.81. The Hall–Kier alpha value is -0.0800. The largest absolute Gasteiger partial charge is 0.368 e. The summed E-state index contributed by atoms with van der Waals surface area (Å²) in [6, 6.07) is 0. The molecular formula is C12H24O2. The van der Waals surface area contributed by atoms with Crippen LogP contribution in [0.1, 0.15) is 52.9 Å². The molecule has 2 heteroatoms. The average Bonchev–Trinajstić information content (AvgIpc) is 2.16. The van der Waals surface area contributed by atoms with E-state index in [1.54, 1.807) is 0 Å². The lowest BCUT2D eigenvalue weighted by molar-refractivity contribution is -0.172. The van der Waals surface area contributed by atoms with Crippen LogP contribution in [0.4, 0.5) is 0 Å². The summed E-state index contributed by atoms with van der Waals surface area (Å²) in [5.74, 6) is 1.02. The normalized spacial score (nSPS) is 32.6. The first kappa shape index (κ1) is 12.0. The molecule has 1 saturated carbocycles. The van der Waals surface area contributed by atoms with Crippen LogP contribution in [0.25, 0.3) is 0 Å². The Labute approximate surface area is 87.7 Å². The molecule has 1 rings (SSSR count). The molecule has 0 aliphatic heterocycles. The predicted molar refractivity (Wildman–Crippen MR) is 58.0 cm³/mol. The van der Waals surface area contributed by atoms with Crippen LogP contribution < -0.4 is 0 Å². The molecule has 0 bridgehead atoms. The van der Waals surface area contributed by atoms with Gasteiger partial charge in [0.15, 0.2) is 6.29 Å². The minimum Gasteiger partial charge on any atom is -0.368 e. The average molecular weight is 200 g/mol. The molecular weight excluding hydrogens is 176 g/mol. The van der Waals surface area contributed by atoms with Crippen molar-refractivity contribution in [1.29, 1.82) is 0 Å². The zero-order valence-corrected chi connectivity index (χ0v) is 9.70. The monoisotopic (exact) mass is 200 g/mol. The molecule has 0 spiro atoms. The fraction of sp³-hybridized carbons (Fsp3) is 1.00. The van der Waals surface area contributed by atoms with Crippen LogP contribution in [0.3, 0.4) is 0 Å². The van der Waals surface area contributed by atoms with E-state index in [1.165, 1.54) is 12.8 Å². The Morgan fingerprint density at radius 3 is 2.71 bits per heavy atom. The molecule has 0 saturated heterocycles. The highest BCUT2D eigenvalue weighted by molar-refractivity contribution is 4.71. The highest BCUT2D eigenvalue weighted by Crippen LogP contribution is 2.27. The zero-order valence-electron chi connectivity index (χ0n) is 9.70. The van der Waals surface area contributed by atoms with Crippen molar-refractivity contribution in [2.24, 2.45) is 11.8 Å². The Balaban J connectivity index is 2.28. The topological polar surface area (TPSA) is 29.5 Å². The van der Waals surface area contributed by atoms with E-state index in [2.05, 4.69) is 13.8 Å². The molecule has 0 aromatic heterocycles. The Morgan fingerprint density at radius 2 is 2.14 bits per heavy atom. The molecule has 1 aliphatic carbocycles. The van der Waals surface area contributed by atoms with Gasteiger partial charge in [0.2, 0.25) is 0 Å². The van der Waals surface area contributed by atoms with Crippen LogP contribution in [0.15, 0.2) is 0 Å². The van der Waals surface area contributed by atoms with Crippen LogP contribution in [0, 0.1) is 11.8 Å². The van der Waals surface area contributed by atoms with Crippen molar-refractivity contribution in [2.75, 3.05) is 0 Å². The predicted octanol–water partition coefficient (Wildman–Crippen LogP) is 2.95. The Kier molecular flexibility index (Phi) is 4.90. The second-order valence-electron chi connectivity index (χ2n) is 4.81. The standard InChI is InChI=1S/C12H24O2/c1-4-10(3)12(13)14-11-7-5-6-9(2)8-11/h9-13H,4-8H2,1-3H3. The molecule has 2 nitrogen and oxygen atoms in total. The van der Waals surface area contributed by atoms with E-state index >= 15 is 0 Å². The first-order valence-corrected chi connectivity index (χ1v) is 5.97. The third kappa shape index (κ3) is 3.58. The van der Waals surface area contributed by atoms with E-state index in [0.29, 0.717) is 6.10 Å². The third-order valence-corrected chi connectivity index (χ3v) is 3.35. The van der Waals surface area contributed by atoms with Gasteiger partial charge in [-0.3, -0.25) is 0 Å². The van der Waals surface area contributed by atoms with Crippen molar-refractivity contribution in [1.82, 2.24) is 0 Å². The van der Waals surface area contributed by atoms with Gasteiger partial charge in [-0.25, -0.2) is 0 Å². The molecule has 1 N–H and O–H groups in total. The molecule has 14 heavy (non-hydrogen) atoms. The minimum absolute atomic E-state index is 0.257. The summed E-state index contributed by atoms with van der Waals surface area (Å²) in [6.45, 7) is 6.39. The number of rotatable bonds is 4. The van der Waals surface area contributed by atoms with Gasteiger partial charge in [0, 0.05) is 5.92 Å². The summed E-state index contributed by atoms with van der Waals surface area (Å²) in [5.41, 5.74) is 0. The first-order chi connectivity index (χ1) is 6.63. The number of aliphatic hydroxyl groups excluding tert-OH is 1.